The van der Waals surface area contributed by atoms with E-state index in [2.05, 4.69) is 0 Å². The van der Waals surface area contributed by atoms with Crippen molar-refractivity contribution < 1.29 is 19.4 Å². The summed E-state index contributed by atoms with van der Waals surface area (Å²) in [6.07, 6.45) is 0.521. The lowest BCUT2D eigenvalue weighted by molar-refractivity contribution is -0.139. The average molecular weight is 263 g/mol. The number of methoxy groups -OCH3 is 1. The summed E-state index contributed by atoms with van der Waals surface area (Å²) in [4.78, 5) is 23.8. The van der Waals surface area contributed by atoms with Gasteiger partial charge in [-0.05, 0) is 6.42 Å². The summed E-state index contributed by atoms with van der Waals surface area (Å²) in [5, 5.41) is 8.07. The summed E-state index contributed by atoms with van der Waals surface area (Å²) >= 11 is 6.19. The number of rotatable bonds is 6. The Bertz CT molecular complexity index is 308. The number of hydrogen-bond acceptors (Lipinski definition) is 5. The van der Waals surface area contributed by atoms with Crippen LogP contribution in [-0.2, 0) is 14.3 Å². The van der Waals surface area contributed by atoms with Crippen molar-refractivity contribution in [3.8, 4) is 0 Å². The minimum absolute atomic E-state index is 0.176. The lowest BCUT2D eigenvalue weighted by Crippen LogP contribution is -2.33. The largest absolute Gasteiger partial charge is 0.481 e. The number of carboxylic acid groups (broad SMARTS) is 1. The van der Waals surface area contributed by atoms with E-state index in [4.69, 9.17) is 22.1 Å². The van der Waals surface area contributed by atoms with Crippen molar-refractivity contribution in [2.45, 2.75) is 18.1 Å². The van der Waals surface area contributed by atoms with Gasteiger partial charge in [0, 0.05) is 20.3 Å². The van der Waals surface area contributed by atoms with Gasteiger partial charge < -0.3 is 9.84 Å². The molecule has 1 N–H and O–H groups in total. The molecule has 7 heteroatoms. The molecule has 1 amide bonds. The number of carbonyl (C=O) groups excluding carboxylic acids is 1. The smallest absolute Gasteiger partial charge is 0.305 e. The molecule has 1 saturated heterocycles. The van der Waals surface area contributed by atoms with Crippen LogP contribution in [0.1, 0.15) is 12.8 Å². The van der Waals surface area contributed by atoms with Crippen LogP contribution in [0, 0.1) is 0 Å². The van der Waals surface area contributed by atoms with Crippen molar-refractivity contribution in [1.82, 2.24) is 4.90 Å². The van der Waals surface area contributed by atoms with Crippen LogP contribution in [0.15, 0.2) is 0 Å². The highest BCUT2D eigenvalue weighted by Crippen LogP contribution is 2.29. The molecule has 5 nitrogen and oxygen atoms in total. The van der Waals surface area contributed by atoms with Crippen LogP contribution in [0.5, 0.6) is 0 Å². The minimum Gasteiger partial charge on any atom is -0.481 e. The Balaban J connectivity index is 2.50. The van der Waals surface area contributed by atoms with Crippen LogP contribution in [0.2, 0.25) is 0 Å². The number of thioether (sulfide) groups is 1. The summed E-state index contributed by atoms with van der Waals surface area (Å²) < 4.78 is 5.35. The average Bonchev–Trinajstić information content (AvgIpc) is 2.45. The normalized spacial score (nSPS) is 20.6. The summed E-state index contributed by atoms with van der Waals surface area (Å²) in [7, 11) is 1.59. The van der Waals surface area contributed by atoms with Gasteiger partial charge in [0.1, 0.15) is 9.57 Å². The fourth-order valence-corrected chi connectivity index (χ4v) is 2.89. The number of amides is 1. The monoisotopic (exact) mass is 263 g/mol. The van der Waals surface area contributed by atoms with Gasteiger partial charge in [0.05, 0.1) is 6.42 Å². The molecule has 0 saturated carbocycles. The number of nitrogens with zero attached hydrogens (tertiary/aromatic N) is 1. The van der Waals surface area contributed by atoms with Crippen molar-refractivity contribution in [3.63, 3.8) is 0 Å². The van der Waals surface area contributed by atoms with Crippen molar-refractivity contribution in [1.29, 1.82) is 0 Å². The lowest BCUT2D eigenvalue weighted by atomic mass is 10.2. The van der Waals surface area contributed by atoms with Crippen LogP contribution in [-0.4, -0.2) is 51.7 Å². The third-order valence-electron chi connectivity index (χ3n) is 2.10. The molecule has 0 aromatic rings. The molecule has 0 spiro atoms. The second-order valence-corrected chi connectivity index (χ2v) is 5.14. The van der Waals surface area contributed by atoms with Gasteiger partial charge in [-0.1, -0.05) is 24.0 Å². The SMILES string of the molecule is COCCCN1C(=O)[C@@H](CC(=O)O)SC1=S. The molecule has 1 heterocycles. The highest BCUT2D eigenvalue weighted by molar-refractivity contribution is 8.24. The first-order chi connectivity index (χ1) is 7.56. The first-order valence-corrected chi connectivity index (χ1v) is 6.07. The number of thiocarbonyl (C=S) groups is 1. The summed E-state index contributed by atoms with van der Waals surface area (Å²) in [5.41, 5.74) is 0. The Morgan fingerprint density at radius 2 is 2.38 bits per heavy atom. The number of carbonyl (C=O) groups is 2. The maximum atomic E-state index is 11.8. The lowest BCUT2D eigenvalue weighted by Gasteiger charge is -2.14. The van der Waals surface area contributed by atoms with Gasteiger partial charge >= 0.3 is 5.97 Å². The van der Waals surface area contributed by atoms with E-state index in [0.717, 1.165) is 11.8 Å². The molecule has 90 valence electrons. The van der Waals surface area contributed by atoms with Gasteiger partial charge in [-0.15, -0.1) is 0 Å². The van der Waals surface area contributed by atoms with Crippen LogP contribution >= 0.6 is 24.0 Å². The molecule has 0 aliphatic carbocycles. The van der Waals surface area contributed by atoms with E-state index in [0.29, 0.717) is 23.9 Å². The Labute approximate surface area is 103 Å². The molecule has 0 aromatic carbocycles. The molecule has 0 aromatic heterocycles. The van der Waals surface area contributed by atoms with Crippen LogP contribution in [0.25, 0.3) is 0 Å². The number of hydrogen-bond donors (Lipinski definition) is 1. The van der Waals surface area contributed by atoms with Crippen molar-refractivity contribution in [3.05, 3.63) is 0 Å². The highest BCUT2D eigenvalue weighted by atomic mass is 32.2. The highest BCUT2D eigenvalue weighted by Gasteiger charge is 2.37. The molecular weight excluding hydrogens is 250 g/mol. The van der Waals surface area contributed by atoms with E-state index in [-0.39, 0.29) is 12.3 Å². The third-order valence-corrected chi connectivity index (χ3v) is 3.68. The van der Waals surface area contributed by atoms with Crippen molar-refractivity contribution in [2.75, 3.05) is 20.3 Å². The third kappa shape index (κ3) is 3.43. The summed E-state index contributed by atoms with van der Waals surface area (Å²) in [5.74, 6) is -1.18. The van der Waals surface area contributed by atoms with Crippen molar-refractivity contribution >= 4 is 40.2 Å². The Hall–Kier alpha value is -0.660. The Morgan fingerprint density at radius 1 is 1.69 bits per heavy atom. The predicted molar refractivity (Wildman–Crippen MR) is 64.4 cm³/mol. The Kier molecular flexibility index (Phi) is 5.17. The van der Waals surface area contributed by atoms with E-state index in [1.807, 2.05) is 0 Å². The van der Waals surface area contributed by atoms with E-state index in [9.17, 15) is 9.59 Å². The second-order valence-electron chi connectivity index (χ2n) is 3.31. The van der Waals surface area contributed by atoms with E-state index >= 15 is 0 Å². The molecule has 0 unspecified atom stereocenters. The van der Waals surface area contributed by atoms with Gasteiger partial charge in [0.2, 0.25) is 5.91 Å². The first kappa shape index (κ1) is 13.4. The molecule has 16 heavy (non-hydrogen) atoms. The van der Waals surface area contributed by atoms with E-state index in [1.54, 1.807) is 7.11 Å². The van der Waals surface area contributed by atoms with Gasteiger partial charge in [-0.25, -0.2) is 0 Å². The summed E-state index contributed by atoms with van der Waals surface area (Å²) in [6, 6.07) is 0. The fourth-order valence-electron chi connectivity index (χ4n) is 1.36. The predicted octanol–water partition coefficient (Wildman–Crippen LogP) is 0.726. The second kappa shape index (κ2) is 6.17. The van der Waals surface area contributed by atoms with Gasteiger partial charge in [0.25, 0.3) is 0 Å². The molecule has 1 aliphatic heterocycles. The molecule has 0 radical (unpaired) electrons. The number of ether oxygens (including phenoxy) is 1. The maximum absolute atomic E-state index is 11.8. The molecule has 1 aliphatic rings. The first-order valence-electron chi connectivity index (χ1n) is 4.79. The van der Waals surface area contributed by atoms with Gasteiger partial charge in [-0.3, -0.25) is 14.5 Å². The number of carboxylic acids is 1. The minimum atomic E-state index is -0.979. The zero-order valence-corrected chi connectivity index (χ0v) is 10.5. The Morgan fingerprint density at radius 3 is 2.94 bits per heavy atom. The van der Waals surface area contributed by atoms with Crippen LogP contribution in [0.3, 0.4) is 0 Å². The molecule has 1 fully saturated rings. The quantitative estimate of drug-likeness (QED) is 0.563. The standard InChI is InChI=1S/C9H13NO4S2/c1-14-4-2-3-10-8(13)6(5-7(11)12)16-9(10)15/h6H,2-5H2,1H3,(H,11,12)/t6-/m1/s1. The van der Waals surface area contributed by atoms with Crippen LogP contribution < -0.4 is 0 Å². The molecule has 1 atom stereocenters. The van der Waals surface area contributed by atoms with E-state index in [1.165, 1.54) is 4.90 Å². The van der Waals surface area contributed by atoms with E-state index < -0.39 is 11.2 Å². The zero-order valence-electron chi connectivity index (χ0n) is 8.84. The van der Waals surface area contributed by atoms with Crippen LogP contribution in [0.4, 0.5) is 0 Å². The molecule has 0 bridgehead atoms. The number of aliphatic carboxylic acids is 1. The fraction of sp³-hybridized carbons (Fsp3) is 0.667. The van der Waals surface area contributed by atoms with Gasteiger partial charge in [-0.2, -0.15) is 0 Å². The molecule has 1 rings (SSSR count). The van der Waals surface area contributed by atoms with Gasteiger partial charge in [0.15, 0.2) is 0 Å². The van der Waals surface area contributed by atoms with Crippen molar-refractivity contribution in [2.24, 2.45) is 0 Å². The topological polar surface area (TPSA) is 66.8 Å². The zero-order chi connectivity index (χ0) is 12.1. The summed E-state index contributed by atoms with van der Waals surface area (Å²) in [6.45, 7) is 1.05. The maximum Gasteiger partial charge on any atom is 0.305 e. The molecular formula is C9H13NO4S2.